The van der Waals surface area contributed by atoms with Crippen LogP contribution in [0.2, 0.25) is 0 Å². The molecule has 0 spiro atoms. The molecule has 17 heavy (non-hydrogen) atoms. The van der Waals surface area contributed by atoms with Crippen molar-refractivity contribution in [2.45, 2.75) is 19.9 Å². The number of aromatic nitrogens is 1. The molecule has 1 unspecified atom stereocenters. The van der Waals surface area contributed by atoms with Crippen molar-refractivity contribution < 1.29 is 4.74 Å². The fourth-order valence-electron chi connectivity index (χ4n) is 1.74. The lowest BCUT2D eigenvalue weighted by Crippen LogP contribution is -2.16. The first-order valence-electron chi connectivity index (χ1n) is 5.92. The SMILES string of the molecule is CCOc1ccc(C(C)Nn2cccc2)cc1. The Bertz CT molecular complexity index is 434. The number of nitrogens with zero attached hydrogens (tertiary/aromatic N) is 1. The van der Waals surface area contributed by atoms with Crippen molar-refractivity contribution in [3.05, 3.63) is 54.4 Å². The number of hydrogen-bond donors (Lipinski definition) is 1. The lowest BCUT2D eigenvalue weighted by Gasteiger charge is -2.16. The molecule has 1 aromatic carbocycles. The first-order valence-corrected chi connectivity index (χ1v) is 5.92. The van der Waals surface area contributed by atoms with Gasteiger partial charge in [-0.1, -0.05) is 12.1 Å². The molecule has 0 bridgehead atoms. The van der Waals surface area contributed by atoms with E-state index in [1.54, 1.807) is 0 Å². The molecule has 1 heterocycles. The highest BCUT2D eigenvalue weighted by Gasteiger charge is 2.04. The van der Waals surface area contributed by atoms with Gasteiger partial charge in [-0.2, -0.15) is 0 Å². The molecular weight excluding hydrogens is 212 g/mol. The third-order valence-corrected chi connectivity index (χ3v) is 2.64. The van der Waals surface area contributed by atoms with E-state index in [1.165, 1.54) is 5.56 Å². The van der Waals surface area contributed by atoms with Crippen molar-refractivity contribution >= 4 is 0 Å². The molecule has 90 valence electrons. The van der Waals surface area contributed by atoms with Crippen molar-refractivity contribution in [1.82, 2.24) is 4.68 Å². The highest BCUT2D eigenvalue weighted by atomic mass is 16.5. The van der Waals surface area contributed by atoms with Crippen LogP contribution in [0.5, 0.6) is 5.75 Å². The molecule has 3 heteroatoms. The first kappa shape index (κ1) is 11.6. The molecule has 3 nitrogen and oxygen atoms in total. The maximum absolute atomic E-state index is 5.42. The van der Waals surface area contributed by atoms with Crippen LogP contribution >= 0.6 is 0 Å². The second-order valence-corrected chi connectivity index (χ2v) is 3.94. The summed E-state index contributed by atoms with van der Waals surface area (Å²) in [5, 5.41) is 0. The summed E-state index contributed by atoms with van der Waals surface area (Å²) in [4.78, 5) is 0. The van der Waals surface area contributed by atoms with Crippen LogP contribution in [0.1, 0.15) is 25.5 Å². The average Bonchev–Trinajstić information content (AvgIpc) is 2.83. The largest absolute Gasteiger partial charge is 0.494 e. The smallest absolute Gasteiger partial charge is 0.119 e. The van der Waals surface area contributed by atoms with Crippen LogP contribution in [0.3, 0.4) is 0 Å². The Morgan fingerprint density at radius 1 is 1.18 bits per heavy atom. The summed E-state index contributed by atoms with van der Waals surface area (Å²) in [5.74, 6) is 0.921. The van der Waals surface area contributed by atoms with E-state index in [0.29, 0.717) is 6.61 Å². The van der Waals surface area contributed by atoms with Crippen LogP contribution in [0.15, 0.2) is 48.8 Å². The van der Waals surface area contributed by atoms with Gasteiger partial charge in [0.15, 0.2) is 0 Å². The normalized spacial score (nSPS) is 12.1. The number of rotatable bonds is 5. The summed E-state index contributed by atoms with van der Waals surface area (Å²) in [5.41, 5.74) is 4.60. The van der Waals surface area contributed by atoms with Gasteiger partial charge in [0.2, 0.25) is 0 Å². The quantitative estimate of drug-likeness (QED) is 0.853. The van der Waals surface area contributed by atoms with Gasteiger partial charge in [0.05, 0.1) is 12.6 Å². The molecule has 2 aromatic rings. The van der Waals surface area contributed by atoms with Crippen LogP contribution in [-0.4, -0.2) is 11.3 Å². The van der Waals surface area contributed by atoms with Crippen LogP contribution in [-0.2, 0) is 0 Å². The van der Waals surface area contributed by atoms with Gasteiger partial charge in [-0.25, -0.2) is 0 Å². The predicted molar refractivity (Wildman–Crippen MR) is 69.8 cm³/mol. The molecule has 0 saturated carbocycles. The third-order valence-electron chi connectivity index (χ3n) is 2.64. The maximum atomic E-state index is 5.42. The van der Waals surface area contributed by atoms with Crippen LogP contribution in [0.4, 0.5) is 0 Å². The zero-order valence-electron chi connectivity index (χ0n) is 10.3. The van der Waals surface area contributed by atoms with Crippen LogP contribution in [0.25, 0.3) is 0 Å². The van der Waals surface area contributed by atoms with Crippen molar-refractivity contribution in [3.63, 3.8) is 0 Å². The molecule has 0 fully saturated rings. The molecule has 0 radical (unpaired) electrons. The van der Waals surface area contributed by atoms with Gasteiger partial charge in [0.25, 0.3) is 0 Å². The highest BCUT2D eigenvalue weighted by Crippen LogP contribution is 2.18. The molecule has 0 aliphatic heterocycles. The van der Waals surface area contributed by atoms with E-state index in [4.69, 9.17) is 4.74 Å². The molecule has 1 aromatic heterocycles. The molecule has 1 atom stereocenters. The summed E-state index contributed by atoms with van der Waals surface area (Å²) in [7, 11) is 0. The van der Waals surface area contributed by atoms with Gasteiger partial charge in [0, 0.05) is 12.4 Å². The molecular formula is C14H18N2O. The molecule has 0 aliphatic rings. The zero-order valence-corrected chi connectivity index (χ0v) is 10.3. The molecule has 1 N–H and O–H groups in total. The topological polar surface area (TPSA) is 26.2 Å². The van der Waals surface area contributed by atoms with Crippen molar-refractivity contribution in [2.75, 3.05) is 12.0 Å². The second-order valence-electron chi connectivity index (χ2n) is 3.94. The standard InChI is InChI=1S/C14H18N2O/c1-3-17-14-8-6-13(7-9-14)12(2)15-16-10-4-5-11-16/h4-12,15H,3H2,1-2H3. The minimum absolute atomic E-state index is 0.262. The first-order chi connectivity index (χ1) is 8.29. The van der Waals surface area contributed by atoms with Crippen LogP contribution in [0, 0.1) is 0 Å². The summed E-state index contributed by atoms with van der Waals surface area (Å²) in [6.07, 6.45) is 3.98. The fourth-order valence-corrected chi connectivity index (χ4v) is 1.74. The summed E-state index contributed by atoms with van der Waals surface area (Å²) < 4.78 is 7.38. The fraction of sp³-hybridized carbons (Fsp3) is 0.286. The van der Waals surface area contributed by atoms with Gasteiger partial charge in [-0.15, -0.1) is 0 Å². The minimum Gasteiger partial charge on any atom is -0.494 e. The predicted octanol–water partition coefficient (Wildman–Crippen LogP) is 3.19. The Balaban J connectivity index is 2.01. The summed E-state index contributed by atoms with van der Waals surface area (Å²) in [6, 6.07) is 12.5. The minimum atomic E-state index is 0.262. The van der Waals surface area contributed by atoms with E-state index in [1.807, 2.05) is 48.3 Å². The monoisotopic (exact) mass is 230 g/mol. The van der Waals surface area contributed by atoms with E-state index < -0.39 is 0 Å². The summed E-state index contributed by atoms with van der Waals surface area (Å²) in [6.45, 7) is 4.83. The Hall–Kier alpha value is -1.90. The van der Waals surface area contributed by atoms with Gasteiger partial charge < -0.3 is 10.2 Å². The molecule has 0 aliphatic carbocycles. The van der Waals surface area contributed by atoms with Crippen molar-refractivity contribution in [3.8, 4) is 5.75 Å². The van der Waals surface area contributed by atoms with Gasteiger partial charge in [0.1, 0.15) is 5.75 Å². The van der Waals surface area contributed by atoms with Gasteiger partial charge >= 0.3 is 0 Å². The maximum Gasteiger partial charge on any atom is 0.119 e. The van der Waals surface area contributed by atoms with Crippen molar-refractivity contribution in [1.29, 1.82) is 0 Å². The number of ether oxygens (including phenoxy) is 1. The summed E-state index contributed by atoms with van der Waals surface area (Å²) >= 11 is 0. The lowest BCUT2D eigenvalue weighted by atomic mass is 10.1. The highest BCUT2D eigenvalue weighted by molar-refractivity contribution is 5.29. The molecule has 0 amide bonds. The van der Waals surface area contributed by atoms with E-state index >= 15 is 0 Å². The lowest BCUT2D eigenvalue weighted by molar-refractivity contribution is 0.340. The Morgan fingerprint density at radius 3 is 2.41 bits per heavy atom. The van der Waals surface area contributed by atoms with E-state index in [-0.39, 0.29) is 6.04 Å². The Labute approximate surface area is 102 Å². The molecule has 2 rings (SSSR count). The zero-order chi connectivity index (χ0) is 12.1. The third kappa shape index (κ3) is 3.03. The van der Waals surface area contributed by atoms with Gasteiger partial charge in [-0.3, -0.25) is 4.68 Å². The number of nitrogens with one attached hydrogen (secondary N) is 1. The number of benzene rings is 1. The van der Waals surface area contributed by atoms with Gasteiger partial charge in [-0.05, 0) is 43.7 Å². The second kappa shape index (κ2) is 5.43. The Morgan fingerprint density at radius 2 is 1.82 bits per heavy atom. The van der Waals surface area contributed by atoms with E-state index in [9.17, 15) is 0 Å². The number of hydrogen-bond acceptors (Lipinski definition) is 2. The molecule has 0 saturated heterocycles. The Kier molecular flexibility index (Phi) is 3.70. The average molecular weight is 230 g/mol. The van der Waals surface area contributed by atoms with Crippen LogP contribution < -0.4 is 10.2 Å². The van der Waals surface area contributed by atoms with Crippen molar-refractivity contribution in [2.24, 2.45) is 0 Å². The van der Waals surface area contributed by atoms with E-state index in [0.717, 1.165) is 5.75 Å². The van der Waals surface area contributed by atoms with E-state index in [2.05, 4.69) is 24.5 Å².